The molecule has 0 spiro atoms. The number of nitro groups is 1. The van der Waals surface area contributed by atoms with E-state index in [0.29, 0.717) is 30.5 Å². The summed E-state index contributed by atoms with van der Waals surface area (Å²) in [6.45, 7) is 0. The molecule has 0 aromatic carbocycles. The molecule has 0 N–H and O–H groups in total. The molecule has 0 radical (unpaired) electrons. The molecule has 7 nitrogen and oxygen atoms in total. The lowest BCUT2D eigenvalue weighted by Crippen LogP contribution is -2.29. The molecule has 1 aliphatic carbocycles. The van der Waals surface area contributed by atoms with Crippen molar-refractivity contribution in [3.05, 3.63) is 37.7 Å². The quantitative estimate of drug-likeness (QED) is 0.599. The Kier molecular flexibility index (Phi) is 3.08. The maximum atomic E-state index is 12.4. The highest BCUT2D eigenvalue weighted by Gasteiger charge is 2.49. The third-order valence-corrected chi connectivity index (χ3v) is 7.40. The lowest BCUT2D eigenvalue weighted by Gasteiger charge is -2.27. The van der Waals surface area contributed by atoms with Gasteiger partial charge in [-0.3, -0.25) is 19.9 Å². The van der Waals surface area contributed by atoms with Crippen molar-refractivity contribution in [2.45, 2.75) is 25.2 Å². The highest BCUT2D eigenvalue weighted by Crippen LogP contribution is 2.50. The van der Waals surface area contributed by atoms with Crippen molar-refractivity contribution in [2.75, 3.05) is 5.75 Å². The third-order valence-electron chi connectivity index (χ3n) is 4.60. The minimum atomic E-state index is -3.46. The van der Waals surface area contributed by atoms with Crippen LogP contribution in [0.25, 0.3) is 0 Å². The number of carbonyl (C=O) groups is 1. The Morgan fingerprint density at radius 2 is 2.04 bits per heavy atom. The highest BCUT2D eigenvalue weighted by atomic mass is 32.2. The van der Waals surface area contributed by atoms with Crippen LogP contribution in [0.3, 0.4) is 0 Å². The standard InChI is InChI=1S/C14H12N2O5S2/c17-10-2-1-8-13(10)12(7-5-11(16(18)19)22-6-7)14-9(15-8)3-4-23(14,20)21/h5-6,12-13H,1-4H2. The van der Waals surface area contributed by atoms with Crippen LogP contribution in [0.5, 0.6) is 0 Å². The van der Waals surface area contributed by atoms with Gasteiger partial charge in [0, 0.05) is 35.9 Å². The maximum absolute atomic E-state index is 12.4. The van der Waals surface area contributed by atoms with Gasteiger partial charge in [-0.15, -0.1) is 0 Å². The summed E-state index contributed by atoms with van der Waals surface area (Å²) in [5.41, 5.74) is 1.79. The van der Waals surface area contributed by atoms with Crippen LogP contribution in [0.1, 0.15) is 30.7 Å². The Balaban J connectivity index is 1.91. The van der Waals surface area contributed by atoms with Gasteiger partial charge in [-0.2, -0.15) is 0 Å². The van der Waals surface area contributed by atoms with Crippen LogP contribution in [-0.4, -0.2) is 30.6 Å². The first-order valence-electron chi connectivity index (χ1n) is 7.17. The van der Waals surface area contributed by atoms with Crippen molar-refractivity contribution >= 4 is 37.7 Å². The van der Waals surface area contributed by atoms with Gasteiger partial charge in [-0.1, -0.05) is 11.3 Å². The largest absolute Gasteiger partial charge is 0.324 e. The molecule has 2 unspecified atom stereocenters. The predicted molar refractivity (Wildman–Crippen MR) is 84.3 cm³/mol. The van der Waals surface area contributed by atoms with Crippen LogP contribution in [0.15, 0.2) is 27.0 Å². The fourth-order valence-electron chi connectivity index (χ4n) is 3.65. The van der Waals surface area contributed by atoms with Gasteiger partial charge in [0.2, 0.25) is 0 Å². The molecule has 2 atom stereocenters. The summed E-state index contributed by atoms with van der Waals surface area (Å²) >= 11 is 0.953. The minimum Gasteiger partial charge on any atom is -0.299 e. The van der Waals surface area contributed by atoms with Gasteiger partial charge in [0.05, 0.1) is 27.2 Å². The number of rotatable bonds is 2. The monoisotopic (exact) mass is 352 g/mol. The molecule has 1 aromatic rings. The lowest BCUT2D eigenvalue weighted by molar-refractivity contribution is -0.380. The summed E-state index contributed by atoms with van der Waals surface area (Å²) in [5, 5.41) is 12.5. The number of hydrogen-bond donors (Lipinski definition) is 0. The van der Waals surface area contributed by atoms with E-state index in [0.717, 1.165) is 17.0 Å². The number of thiophene rings is 1. The number of aliphatic imine (C=N–C) groups is 1. The van der Waals surface area contributed by atoms with E-state index in [1.165, 1.54) is 6.07 Å². The second-order valence-electron chi connectivity index (χ2n) is 5.88. The van der Waals surface area contributed by atoms with Crippen LogP contribution < -0.4 is 0 Å². The van der Waals surface area contributed by atoms with E-state index in [1.807, 2.05) is 0 Å². The van der Waals surface area contributed by atoms with E-state index in [2.05, 4.69) is 4.99 Å². The first kappa shape index (κ1) is 14.7. The number of ketones is 1. The Labute approximate surface area is 135 Å². The molecular weight excluding hydrogens is 340 g/mol. The van der Waals surface area contributed by atoms with Gasteiger partial charge < -0.3 is 0 Å². The van der Waals surface area contributed by atoms with Crippen LogP contribution in [-0.2, 0) is 14.6 Å². The van der Waals surface area contributed by atoms with E-state index in [1.54, 1.807) is 5.38 Å². The Morgan fingerprint density at radius 3 is 2.74 bits per heavy atom. The molecule has 120 valence electrons. The highest BCUT2D eigenvalue weighted by molar-refractivity contribution is 7.95. The summed E-state index contributed by atoms with van der Waals surface area (Å²) in [6, 6.07) is 1.39. The average molecular weight is 352 g/mol. The van der Waals surface area contributed by atoms with Gasteiger partial charge in [-0.25, -0.2) is 8.42 Å². The fourth-order valence-corrected chi connectivity index (χ4v) is 6.26. The molecule has 23 heavy (non-hydrogen) atoms. The third kappa shape index (κ3) is 2.10. The van der Waals surface area contributed by atoms with Crippen LogP contribution >= 0.6 is 11.3 Å². The summed E-state index contributed by atoms with van der Waals surface area (Å²) in [5.74, 6) is -1.27. The second kappa shape index (κ2) is 4.81. The summed E-state index contributed by atoms with van der Waals surface area (Å²) < 4.78 is 24.9. The topological polar surface area (TPSA) is 107 Å². The van der Waals surface area contributed by atoms with E-state index in [-0.39, 0.29) is 21.4 Å². The molecular formula is C14H12N2O5S2. The van der Waals surface area contributed by atoms with Crippen molar-refractivity contribution in [2.24, 2.45) is 10.9 Å². The molecule has 9 heteroatoms. The van der Waals surface area contributed by atoms with Crippen molar-refractivity contribution < 1.29 is 18.1 Å². The van der Waals surface area contributed by atoms with Gasteiger partial charge in [-0.05, 0) is 12.0 Å². The fraction of sp³-hybridized carbons (Fsp3) is 0.429. The molecule has 1 aromatic heterocycles. The SMILES string of the molecule is O=C1CCC2=NC3=C(C(c4csc([N+](=O)[O-])c4)C12)S(=O)(=O)CC3. The number of nitrogens with zero attached hydrogens (tertiary/aromatic N) is 2. The number of sulfone groups is 1. The normalized spacial score (nSPS) is 28.5. The molecule has 0 bridgehead atoms. The van der Waals surface area contributed by atoms with E-state index in [9.17, 15) is 23.3 Å². The van der Waals surface area contributed by atoms with Crippen LogP contribution in [0, 0.1) is 16.0 Å². The van der Waals surface area contributed by atoms with Gasteiger partial charge >= 0.3 is 5.00 Å². The van der Waals surface area contributed by atoms with Crippen molar-refractivity contribution in [3.63, 3.8) is 0 Å². The summed E-state index contributed by atoms with van der Waals surface area (Å²) in [6.07, 6.45) is 1.25. The smallest absolute Gasteiger partial charge is 0.299 e. The van der Waals surface area contributed by atoms with Gasteiger partial charge in [0.1, 0.15) is 5.78 Å². The molecule has 2 aliphatic heterocycles. The number of Topliss-reactive ketones (excluding diaryl/α,β-unsaturated/α-hetero) is 1. The molecule has 0 saturated heterocycles. The Bertz CT molecular complexity index is 909. The summed E-state index contributed by atoms with van der Waals surface area (Å²) in [4.78, 5) is 27.4. The molecule has 1 saturated carbocycles. The predicted octanol–water partition coefficient (Wildman–Crippen LogP) is 2.20. The lowest BCUT2D eigenvalue weighted by atomic mass is 9.82. The molecule has 0 amide bonds. The number of carbonyl (C=O) groups excluding carboxylic acids is 1. The number of fused-ring (bicyclic) bond motifs is 1. The van der Waals surface area contributed by atoms with Crippen molar-refractivity contribution in [1.29, 1.82) is 0 Å². The molecule has 3 aliphatic rings. The van der Waals surface area contributed by atoms with Crippen LogP contribution in [0.2, 0.25) is 0 Å². The zero-order valence-corrected chi connectivity index (χ0v) is 13.5. The van der Waals surface area contributed by atoms with E-state index < -0.39 is 26.6 Å². The molecule has 3 heterocycles. The average Bonchev–Trinajstić information content (AvgIpc) is 3.17. The Morgan fingerprint density at radius 1 is 1.26 bits per heavy atom. The van der Waals surface area contributed by atoms with E-state index >= 15 is 0 Å². The summed E-state index contributed by atoms with van der Waals surface area (Å²) in [7, 11) is -3.46. The molecule has 4 rings (SSSR count). The maximum Gasteiger partial charge on any atom is 0.324 e. The minimum absolute atomic E-state index is 0.00190. The van der Waals surface area contributed by atoms with Gasteiger partial charge in [0.15, 0.2) is 9.84 Å². The Hall–Kier alpha value is -1.87. The van der Waals surface area contributed by atoms with Gasteiger partial charge in [0.25, 0.3) is 0 Å². The van der Waals surface area contributed by atoms with Crippen molar-refractivity contribution in [1.82, 2.24) is 0 Å². The first-order valence-corrected chi connectivity index (χ1v) is 9.70. The second-order valence-corrected chi connectivity index (χ2v) is 8.85. The van der Waals surface area contributed by atoms with Crippen molar-refractivity contribution in [3.8, 4) is 0 Å². The first-order chi connectivity index (χ1) is 10.9. The zero-order chi connectivity index (χ0) is 16.4. The van der Waals surface area contributed by atoms with E-state index in [4.69, 9.17) is 0 Å². The molecule has 1 fully saturated rings. The number of hydrogen-bond acceptors (Lipinski definition) is 7. The van der Waals surface area contributed by atoms with Crippen LogP contribution in [0.4, 0.5) is 5.00 Å². The zero-order valence-electron chi connectivity index (χ0n) is 11.9. The number of allylic oxidation sites excluding steroid dienone is 2.